The van der Waals surface area contributed by atoms with Gasteiger partial charge >= 0.3 is 6.09 Å². The number of rotatable bonds is 2. The molecule has 9 heteroatoms. The minimum Gasteiger partial charge on any atom is -0.444 e. The van der Waals surface area contributed by atoms with Crippen LogP contribution in [0.4, 0.5) is 10.5 Å². The second-order valence-electron chi connectivity index (χ2n) is 10.6. The lowest BCUT2D eigenvalue weighted by Gasteiger charge is -2.45. The van der Waals surface area contributed by atoms with Gasteiger partial charge in [0.25, 0.3) is 0 Å². The van der Waals surface area contributed by atoms with Gasteiger partial charge in [0.1, 0.15) is 5.60 Å². The van der Waals surface area contributed by atoms with Crippen LogP contribution < -0.4 is 4.90 Å². The number of ether oxygens (including phenoxy) is 1. The predicted molar refractivity (Wildman–Crippen MR) is 143 cm³/mol. The molecule has 1 aromatic carbocycles. The van der Waals surface area contributed by atoms with Gasteiger partial charge in [-0.15, -0.1) is 0 Å². The summed E-state index contributed by atoms with van der Waals surface area (Å²) >= 11 is 6.46. The van der Waals surface area contributed by atoms with Crippen LogP contribution in [0, 0.1) is 6.92 Å². The summed E-state index contributed by atoms with van der Waals surface area (Å²) in [4.78, 5) is 30.8. The number of hydrogen-bond acceptors (Lipinski definition) is 6. The van der Waals surface area contributed by atoms with Crippen molar-refractivity contribution in [2.24, 2.45) is 0 Å². The van der Waals surface area contributed by atoms with E-state index in [9.17, 15) is 4.79 Å². The van der Waals surface area contributed by atoms with Gasteiger partial charge in [0.2, 0.25) is 0 Å². The molecule has 0 unspecified atom stereocenters. The Labute approximate surface area is 215 Å². The highest BCUT2D eigenvalue weighted by Gasteiger charge is 2.35. The van der Waals surface area contributed by atoms with E-state index in [2.05, 4.69) is 40.8 Å². The predicted octanol–water partition coefficient (Wildman–Crippen LogP) is 5.74. The molecular formula is C27H31ClN6O2. The lowest BCUT2D eigenvalue weighted by atomic mass is 10.1. The third-order valence-electron chi connectivity index (χ3n) is 6.34. The van der Waals surface area contributed by atoms with E-state index in [4.69, 9.17) is 21.3 Å². The zero-order chi connectivity index (χ0) is 25.8. The summed E-state index contributed by atoms with van der Waals surface area (Å²) in [5.74, 6) is 0.610. The van der Waals surface area contributed by atoms with E-state index >= 15 is 0 Å². The van der Waals surface area contributed by atoms with Crippen LogP contribution in [-0.4, -0.2) is 61.1 Å². The zero-order valence-electron chi connectivity index (χ0n) is 21.5. The van der Waals surface area contributed by atoms with E-state index in [1.807, 2.05) is 67.7 Å². The maximum absolute atomic E-state index is 12.8. The number of carbonyl (C=O) groups excluding carboxylic acids is 1. The quantitative estimate of drug-likeness (QED) is 0.345. The molecular weight excluding hydrogens is 476 g/mol. The van der Waals surface area contributed by atoms with E-state index in [-0.39, 0.29) is 18.2 Å². The van der Waals surface area contributed by atoms with Crippen molar-refractivity contribution in [1.29, 1.82) is 0 Å². The minimum absolute atomic E-state index is 0.0180. The Morgan fingerprint density at radius 1 is 1.08 bits per heavy atom. The van der Waals surface area contributed by atoms with Crippen LogP contribution in [0.25, 0.3) is 27.9 Å². The van der Waals surface area contributed by atoms with Gasteiger partial charge in [-0.05, 0) is 65.8 Å². The van der Waals surface area contributed by atoms with Crippen molar-refractivity contribution < 1.29 is 9.53 Å². The number of piperazine rings is 1. The SMILES string of the molecule is Cc1cn2cc(-c3ncc4cc(N5C[C@H](C)N(C(=O)OC(C)(C)C)[C@@H](C)C5)ccc4n3)cc(Cl)c2n1. The van der Waals surface area contributed by atoms with E-state index in [1.165, 1.54) is 0 Å². The molecule has 0 spiro atoms. The van der Waals surface area contributed by atoms with Gasteiger partial charge in [-0.1, -0.05) is 11.6 Å². The van der Waals surface area contributed by atoms with E-state index in [0.29, 0.717) is 10.8 Å². The number of fused-ring (bicyclic) bond motifs is 2. The molecule has 1 aliphatic heterocycles. The fourth-order valence-corrected chi connectivity index (χ4v) is 5.12. The van der Waals surface area contributed by atoms with Crippen LogP contribution in [0.2, 0.25) is 5.02 Å². The number of amides is 1. The molecule has 1 aliphatic rings. The van der Waals surface area contributed by atoms with Crippen LogP contribution in [0.3, 0.4) is 0 Å². The van der Waals surface area contributed by atoms with Crippen molar-refractivity contribution >= 4 is 39.9 Å². The maximum atomic E-state index is 12.8. The Morgan fingerprint density at radius 2 is 1.81 bits per heavy atom. The first-order valence-electron chi connectivity index (χ1n) is 12.2. The first-order chi connectivity index (χ1) is 17.0. The Hall–Kier alpha value is -3.39. The third-order valence-corrected chi connectivity index (χ3v) is 6.61. The summed E-state index contributed by atoms with van der Waals surface area (Å²) < 4.78 is 7.54. The third kappa shape index (κ3) is 4.69. The van der Waals surface area contributed by atoms with Gasteiger partial charge in [-0.3, -0.25) is 4.90 Å². The molecule has 0 saturated carbocycles. The van der Waals surface area contributed by atoms with Crippen LogP contribution in [0.15, 0.2) is 42.9 Å². The molecule has 0 N–H and O–H groups in total. The topological polar surface area (TPSA) is 75.9 Å². The van der Waals surface area contributed by atoms with Crippen molar-refractivity contribution in [3.05, 3.63) is 53.6 Å². The zero-order valence-corrected chi connectivity index (χ0v) is 22.2. The Morgan fingerprint density at radius 3 is 2.50 bits per heavy atom. The number of imidazole rings is 1. The van der Waals surface area contributed by atoms with Crippen molar-refractivity contribution in [3.8, 4) is 11.4 Å². The number of benzene rings is 1. The Kier molecular flexibility index (Phi) is 6.03. The summed E-state index contributed by atoms with van der Waals surface area (Å²) in [6, 6.07) is 8.10. The highest BCUT2D eigenvalue weighted by molar-refractivity contribution is 6.33. The molecule has 4 heterocycles. The number of nitrogens with zero attached hydrogens (tertiary/aromatic N) is 6. The number of aromatic nitrogens is 4. The summed E-state index contributed by atoms with van der Waals surface area (Å²) in [5, 5.41) is 1.52. The van der Waals surface area contributed by atoms with Crippen molar-refractivity contribution in [2.75, 3.05) is 18.0 Å². The molecule has 0 radical (unpaired) electrons. The van der Waals surface area contributed by atoms with E-state index < -0.39 is 5.60 Å². The summed E-state index contributed by atoms with van der Waals surface area (Å²) in [7, 11) is 0. The van der Waals surface area contributed by atoms with Crippen LogP contribution >= 0.6 is 11.6 Å². The van der Waals surface area contributed by atoms with Gasteiger partial charge in [-0.2, -0.15) is 0 Å². The average molecular weight is 507 g/mol. The molecule has 5 rings (SSSR count). The van der Waals surface area contributed by atoms with Gasteiger partial charge in [0.05, 0.1) is 28.3 Å². The maximum Gasteiger partial charge on any atom is 0.410 e. The molecule has 188 valence electrons. The first kappa shape index (κ1) is 24.3. The van der Waals surface area contributed by atoms with Gasteiger partial charge in [-0.25, -0.2) is 19.7 Å². The molecule has 1 amide bonds. The summed E-state index contributed by atoms with van der Waals surface area (Å²) in [5.41, 5.74) is 3.88. The molecule has 2 atom stereocenters. The van der Waals surface area contributed by atoms with Crippen LogP contribution in [0.5, 0.6) is 0 Å². The number of halogens is 1. The van der Waals surface area contributed by atoms with Crippen molar-refractivity contribution in [3.63, 3.8) is 0 Å². The highest BCUT2D eigenvalue weighted by atomic mass is 35.5. The number of aryl methyl sites for hydroxylation is 1. The molecule has 0 bridgehead atoms. The molecule has 3 aromatic heterocycles. The van der Waals surface area contributed by atoms with Gasteiger partial charge < -0.3 is 14.0 Å². The minimum atomic E-state index is -0.514. The molecule has 8 nitrogen and oxygen atoms in total. The fourth-order valence-electron chi connectivity index (χ4n) is 4.87. The average Bonchev–Trinajstić information content (AvgIpc) is 3.17. The standard InChI is InChI=1S/C27H31ClN6O2/c1-16-12-33-15-20(10-22(28)25(33)30-16)24-29-11-19-9-21(7-8-23(19)31-24)32-13-17(2)34(18(3)14-32)26(35)36-27(4,5)6/h7-12,15,17-18H,13-14H2,1-6H3/t17-,18-/m0/s1. The second kappa shape index (κ2) is 8.92. The fraction of sp³-hybridized carbons (Fsp3) is 0.407. The highest BCUT2D eigenvalue weighted by Crippen LogP contribution is 2.29. The lowest BCUT2D eigenvalue weighted by molar-refractivity contribution is 0.00566. The molecule has 36 heavy (non-hydrogen) atoms. The molecule has 1 fully saturated rings. The lowest BCUT2D eigenvalue weighted by Crippen LogP contribution is -2.59. The Balaban J connectivity index is 1.38. The monoisotopic (exact) mass is 506 g/mol. The normalized spacial score (nSPS) is 18.8. The van der Waals surface area contributed by atoms with Gasteiger partial charge in [0, 0.05) is 48.3 Å². The molecule has 4 aromatic rings. The van der Waals surface area contributed by atoms with E-state index in [0.717, 1.165) is 46.6 Å². The van der Waals surface area contributed by atoms with Crippen LogP contribution in [0.1, 0.15) is 40.3 Å². The molecule has 1 saturated heterocycles. The Bertz CT molecular complexity index is 1450. The first-order valence-corrected chi connectivity index (χ1v) is 12.5. The van der Waals surface area contributed by atoms with Crippen molar-refractivity contribution in [2.45, 2.75) is 59.2 Å². The molecule has 0 aliphatic carbocycles. The smallest absolute Gasteiger partial charge is 0.410 e. The van der Waals surface area contributed by atoms with Crippen LogP contribution in [-0.2, 0) is 4.74 Å². The second-order valence-corrected chi connectivity index (χ2v) is 11.0. The van der Waals surface area contributed by atoms with E-state index in [1.54, 1.807) is 0 Å². The number of hydrogen-bond donors (Lipinski definition) is 0. The number of pyridine rings is 1. The summed E-state index contributed by atoms with van der Waals surface area (Å²) in [6.07, 6.45) is 5.47. The number of carbonyl (C=O) groups is 1. The largest absolute Gasteiger partial charge is 0.444 e. The number of anilines is 1. The summed E-state index contributed by atoms with van der Waals surface area (Å²) in [6.45, 7) is 13.2. The van der Waals surface area contributed by atoms with Gasteiger partial charge in [0.15, 0.2) is 11.5 Å². The van der Waals surface area contributed by atoms with Crippen molar-refractivity contribution in [1.82, 2.24) is 24.3 Å².